The number of Topliss-reactive ketones (excluding diaryl/α,β-unsaturated/α-hetero) is 1. The molecule has 1 aliphatic heterocycles. The van der Waals surface area contributed by atoms with E-state index < -0.39 is 0 Å². The average molecular weight is 261 g/mol. The van der Waals surface area contributed by atoms with E-state index >= 15 is 0 Å². The van der Waals surface area contributed by atoms with Gasteiger partial charge in [-0.25, -0.2) is 0 Å². The molecule has 1 aromatic carbocycles. The molecule has 0 bridgehead atoms. The summed E-state index contributed by atoms with van der Waals surface area (Å²) in [4.78, 5) is 12.3. The lowest BCUT2D eigenvalue weighted by molar-refractivity contribution is 0.0967. The van der Waals surface area contributed by atoms with Crippen LogP contribution in [-0.2, 0) is 0 Å². The zero-order chi connectivity index (χ0) is 13.7. The SMILES string of the molecule is COc1ccc(C)cc1C(=O)CCC1CCNCC1. The fraction of sp³-hybridized carbons (Fsp3) is 0.562. The minimum Gasteiger partial charge on any atom is -0.496 e. The molecule has 104 valence electrons. The van der Waals surface area contributed by atoms with Crippen molar-refractivity contribution < 1.29 is 9.53 Å². The normalized spacial score (nSPS) is 16.3. The van der Waals surface area contributed by atoms with Crippen LogP contribution >= 0.6 is 0 Å². The summed E-state index contributed by atoms with van der Waals surface area (Å²) in [5.74, 6) is 1.60. The second kappa shape index (κ2) is 6.71. The van der Waals surface area contributed by atoms with E-state index in [-0.39, 0.29) is 5.78 Å². The number of benzene rings is 1. The maximum Gasteiger partial charge on any atom is 0.166 e. The van der Waals surface area contributed by atoms with Crippen molar-refractivity contribution >= 4 is 5.78 Å². The number of ether oxygens (including phenoxy) is 1. The van der Waals surface area contributed by atoms with Crippen LogP contribution < -0.4 is 10.1 Å². The quantitative estimate of drug-likeness (QED) is 0.828. The van der Waals surface area contributed by atoms with Gasteiger partial charge in [0.05, 0.1) is 12.7 Å². The number of aryl methyl sites for hydroxylation is 1. The molecule has 0 amide bonds. The number of hydrogen-bond donors (Lipinski definition) is 1. The molecule has 1 heterocycles. The molecule has 3 nitrogen and oxygen atoms in total. The summed E-state index contributed by atoms with van der Waals surface area (Å²) >= 11 is 0. The summed E-state index contributed by atoms with van der Waals surface area (Å²) in [6.45, 7) is 4.18. The molecular weight excluding hydrogens is 238 g/mol. The Labute approximate surface area is 115 Å². The van der Waals surface area contributed by atoms with Crippen LogP contribution in [0.3, 0.4) is 0 Å². The molecule has 0 aliphatic carbocycles. The fourth-order valence-electron chi connectivity index (χ4n) is 2.68. The van der Waals surface area contributed by atoms with Crippen molar-refractivity contribution in [1.82, 2.24) is 5.32 Å². The molecule has 1 saturated heterocycles. The van der Waals surface area contributed by atoms with Gasteiger partial charge >= 0.3 is 0 Å². The summed E-state index contributed by atoms with van der Waals surface area (Å²) in [5, 5.41) is 3.35. The van der Waals surface area contributed by atoms with Gasteiger partial charge in [0.15, 0.2) is 5.78 Å². The highest BCUT2D eigenvalue weighted by molar-refractivity contribution is 5.98. The molecule has 0 atom stereocenters. The smallest absolute Gasteiger partial charge is 0.166 e. The van der Waals surface area contributed by atoms with Crippen LogP contribution in [0, 0.1) is 12.8 Å². The monoisotopic (exact) mass is 261 g/mol. The maximum absolute atomic E-state index is 12.3. The highest BCUT2D eigenvalue weighted by atomic mass is 16.5. The molecule has 1 N–H and O–H groups in total. The number of carbonyl (C=O) groups is 1. The molecule has 0 radical (unpaired) electrons. The van der Waals surface area contributed by atoms with Gasteiger partial charge in [0.2, 0.25) is 0 Å². The summed E-state index contributed by atoms with van der Waals surface area (Å²) in [6.07, 6.45) is 4.01. The molecule has 2 rings (SSSR count). The Morgan fingerprint density at radius 1 is 1.37 bits per heavy atom. The van der Waals surface area contributed by atoms with Crippen LogP contribution in [0.25, 0.3) is 0 Å². The number of hydrogen-bond acceptors (Lipinski definition) is 3. The largest absolute Gasteiger partial charge is 0.496 e. The third kappa shape index (κ3) is 3.80. The molecule has 3 heteroatoms. The molecule has 0 spiro atoms. The van der Waals surface area contributed by atoms with Crippen LogP contribution in [0.5, 0.6) is 5.75 Å². The zero-order valence-corrected chi connectivity index (χ0v) is 11.9. The van der Waals surface area contributed by atoms with Crippen LogP contribution in [0.15, 0.2) is 18.2 Å². The lowest BCUT2D eigenvalue weighted by Gasteiger charge is -2.22. The predicted octanol–water partition coefficient (Wildman–Crippen LogP) is 2.97. The fourth-order valence-corrected chi connectivity index (χ4v) is 2.68. The highest BCUT2D eigenvalue weighted by Gasteiger charge is 2.17. The zero-order valence-electron chi connectivity index (χ0n) is 11.9. The molecule has 0 saturated carbocycles. The first-order chi connectivity index (χ1) is 9.20. The van der Waals surface area contributed by atoms with E-state index in [1.165, 1.54) is 12.8 Å². The maximum atomic E-state index is 12.3. The van der Waals surface area contributed by atoms with Gasteiger partial charge in [0.1, 0.15) is 5.75 Å². The third-order valence-electron chi connectivity index (χ3n) is 3.89. The molecule has 1 aliphatic rings. The first-order valence-electron chi connectivity index (χ1n) is 7.09. The van der Waals surface area contributed by atoms with Crippen molar-refractivity contribution in [3.8, 4) is 5.75 Å². The van der Waals surface area contributed by atoms with Gasteiger partial charge in [-0.1, -0.05) is 11.6 Å². The molecule has 1 fully saturated rings. The van der Waals surface area contributed by atoms with Crippen LogP contribution in [0.1, 0.15) is 41.6 Å². The van der Waals surface area contributed by atoms with Crippen LogP contribution in [0.2, 0.25) is 0 Å². The summed E-state index contributed by atoms with van der Waals surface area (Å²) in [7, 11) is 1.62. The van der Waals surface area contributed by atoms with Crippen molar-refractivity contribution in [2.24, 2.45) is 5.92 Å². The van der Waals surface area contributed by atoms with Gasteiger partial charge < -0.3 is 10.1 Å². The molecule has 0 unspecified atom stereocenters. The number of methoxy groups -OCH3 is 1. The Hall–Kier alpha value is -1.35. The number of carbonyl (C=O) groups excluding carboxylic acids is 1. The van der Waals surface area contributed by atoms with Gasteiger partial charge in [-0.05, 0) is 57.3 Å². The van der Waals surface area contributed by atoms with Crippen molar-refractivity contribution in [2.75, 3.05) is 20.2 Å². The summed E-state index contributed by atoms with van der Waals surface area (Å²) in [5.41, 5.74) is 1.84. The standard InChI is InChI=1S/C16H23NO2/c1-12-3-6-16(19-2)14(11-12)15(18)5-4-13-7-9-17-10-8-13/h3,6,11,13,17H,4-5,7-10H2,1-2H3. The van der Waals surface area contributed by atoms with Crippen LogP contribution in [0.4, 0.5) is 0 Å². The van der Waals surface area contributed by atoms with Crippen LogP contribution in [-0.4, -0.2) is 26.0 Å². The topological polar surface area (TPSA) is 38.3 Å². The number of ketones is 1. The minimum atomic E-state index is 0.207. The van der Waals surface area contributed by atoms with Gasteiger partial charge in [0, 0.05) is 6.42 Å². The molecular formula is C16H23NO2. The highest BCUT2D eigenvalue weighted by Crippen LogP contribution is 2.24. The third-order valence-corrected chi connectivity index (χ3v) is 3.89. The predicted molar refractivity (Wildman–Crippen MR) is 76.9 cm³/mol. The number of nitrogens with one attached hydrogen (secondary N) is 1. The Balaban J connectivity index is 1.97. The summed E-state index contributed by atoms with van der Waals surface area (Å²) < 4.78 is 5.28. The van der Waals surface area contributed by atoms with Gasteiger partial charge in [-0.3, -0.25) is 4.79 Å². The van der Waals surface area contributed by atoms with Gasteiger partial charge in [-0.15, -0.1) is 0 Å². The molecule has 0 aromatic heterocycles. The van der Waals surface area contributed by atoms with E-state index in [1.54, 1.807) is 7.11 Å². The first kappa shape index (κ1) is 14.1. The van der Waals surface area contributed by atoms with E-state index in [0.29, 0.717) is 18.1 Å². The Morgan fingerprint density at radius 3 is 2.79 bits per heavy atom. The van der Waals surface area contributed by atoms with E-state index in [0.717, 1.165) is 30.6 Å². The second-order valence-corrected chi connectivity index (χ2v) is 5.36. The minimum absolute atomic E-state index is 0.207. The van der Waals surface area contributed by atoms with Gasteiger partial charge in [0.25, 0.3) is 0 Å². The number of rotatable bonds is 5. The second-order valence-electron chi connectivity index (χ2n) is 5.36. The van der Waals surface area contributed by atoms with E-state index in [4.69, 9.17) is 4.74 Å². The van der Waals surface area contributed by atoms with Crippen molar-refractivity contribution in [3.05, 3.63) is 29.3 Å². The summed E-state index contributed by atoms with van der Waals surface area (Å²) in [6, 6.07) is 5.79. The Bertz CT molecular complexity index is 436. The van der Waals surface area contributed by atoms with Gasteiger partial charge in [-0.2, -0.15) is 0 Å². The molecule has 1 aromatic rings. The lowest BCUT2D eigenvalue weighted by Crippen LogP contribution is -2.28. The molecule has 19 heavy (non-hydrogen) atoms. The lowest BCUT2D eigenvalue weighted by atomic mass is 9.91. The van der Waals surface area contributed by atoms with Crippen molar-refractivity contribution in [2.45, 2.75) is 32.6 Å². The van der Waals surface area contributed by atoms with E-state index in [9.17, 15) is 4.79 Å². The van der Waals surface area contributed by atoms with Crippen molar-refractivity contribution in [3.63, 3.8) is 0 Å². The number of piperidine rings is 1. The van der Waals surface area contributed by atoms with E-state index in [2.05, 4.69) is 5.32 Å². The van der Waals surface area contributed by atoms with Crippen molar-refractivity contribution in [1.29, 1.82) is 0 Å². The Morgan fingerprint density at radius 2 is 2.11 bits per heavy atom. The average Bonchev–Trinajstić information content (AvgIpc) is 2.46. The Kier molecular flexibility index (Phi) is 4.97. The van der Waals surface area contributed by atoms with E-state index in [1.807, 2.05) is 25.1 Å². The first-order valence-corrected chi connectivity index (χ1v) is 7.09.